The normalized spacial score (nSPS) is 16.2. The molecule has 3 amide bonds. The number of anilines is 2. The van der Waals surface area contributed by atoms with Gasteiger partial charge in [-0.25, -0.2) is 0 Å². The van der Waals surface area contributed by atoms with Gasteiger partial charge in [0.25, 0.3) is 5.91 Å². The molecule has 8 nitrogen and oxygen atoms in total. The Balaban J connectivity index is 1.55. The number of nitrogens with two attached hydrogens (primary N) is 1. The summed E-state index contributed by atoms with van der Waals surface area (Å²) in [6, 6.07) is 14.0. The number of carbonyl (C=O) groups is 3. The molecule has 0 radical (unpaired) electrons. The number of amides is 3. The second-order valence-electron chi connectivity index (χ2n) is 6.76. The van der Waals surface area contributed by atoms with Crippen molar-refractivity contribution in [1.29, 1.82) is 0 Å². The monoisotopic (exact) mass is 393 g/mol. The minimum absolute atomic E-state index is 0.0690. The van der Waals surface area contributed by atoms with Crippen molar-refractivity contribution in [2.45, 2.75) is 6.42 Å². The minimum atomic E-state index is -0.779. The van der Waals surface area contributed by atoms with Gasteiger partial charge in [0.15, 0.2) is 0 Å². The third-order valence-electron chi connectivity index (χ3n) is 4.95. The summed E-state index contributed by atoms with van der Waals surface area (Å²) in [7, 11) is 1.57. The van der Waals surface area contributed by atoms with E-state index in [0.29, 0.717) is 22.4 Å². The maximum absolute atomic E-state index is 12.9. The molecule has 1 atom stereocenters. The molecule has 0 bridgehead atoms. The maximum atomic E-state index is 12.9. The SMILES string of the molecule is COc1ccc(N2C[C@@H](C(=O)Nc3c(C(N)=O)oc4ccccc34)CC2=O)cc1. The fourth-order valence-corrected chi connectivity index (χ4v) is 3.46. The third-order valence-corrected chi connectivity index (χ3v) is 4.95. The first-order valence-corrected chi connectivity index (χ1v) is 9.04. The molecule has 4 rings (SSSR count). The van der Waals surface area contributed by atoms with Crippen LogP contribution >= 0.6 is 0 Å². The largest absolute Gasteiger partial charge is 0.497 e. The van der Waals surface area contributed by atoms with Gasteiger partial charge in [-0.2, -0.15) is 0 Å². The molecule has 2 heterocycles. The van der Waals surface area contributed by atoms with Crippen LogP contribution in [0.25, 0.3) is 11.0 Å². The number of carbonyl (C=O) groups excluding carboxylic acids is 3. The first-order valence-electron chi connectivity index (χ1n) is 9.04. The fourth-order valence-electron chi connectivity index (χ4n) is 3.46. The van der Waals surface area contributed by atoms with Gasteiger partial charge in [0, 0.05) is 24.0 Å². The molecule has 1 aliphatic rings. The lowest BCUT2D eigenvalue weighted by Crippen LogP contribution is -2.28. The van der Waals surface area contributed by atoms with Crippen LogP contribution in [-0.4, -0.2) is 31.4 Å². The Hall–Kier alpha value is -3.81. The number of hydrogen-bond donors (Lipinski definition) is 2. The zero-order valence-electron chi connectivity index (χ0n) is 15.7. The fraction of sp³-hybridized carbons (Fsp3) is 0.190. The van der Waals surface area contributed by atoms with Gasteiger partial charge in [0.05, 0.1) is 13.0 Å². The Kier molecular flexibility index (Phi) is 4.67. The van der Waals surface area contributed by atoms with Crippen molar-refractivity contribution in [3.05, 3.63) is 54.3 Å². The highest BCUT2D eigenvalue weighted by Crippen LogP contribution is 2.32. The molecule has 0 saturated carbocycles. The van der Waals surface area contributed by atoms with Crippen molar-refractivity contribution >= 4 is 40.1 Å². The lowest BCUT2D eigenvalue weighted by Gasteiger charge is -2.17. The summed E-state index contributed by atoms with van der Waals surface area (Å²) in [5, 5.41) is 3.31. The van der Waals surface area contributed by atoms with E-state index < -0.39 is 11.8 Å². The molecular formula is C21H19N3O5. The number of para-hydroxylation sites is 1. The molecule has 0 aliphatic carbocycles. The van der Waals surface area contributed by atoms with Gasteiger partial charge in [0.1, 0.15) is 17.0 Å². The van der Waals surface area contributed by atoms with Crippen LogP contribution in [0.3, 0.4) is 0 Å². The number of hydrogen-bond acceptors (Lipinski definition) is 5. The van der Waals surface area contributed by atoms with Gasteiger partial charge in [-0.3, -0.25) is 14.4 Å². The quantitative estimate of drug-likeness (QED) is 0.691. The second-order valence-corrected chi connectivity index (χ2v) is 6.76. The van der Waals surface area contributed by atoms with E-state index in [0.717, 1.165) is 0 Å². The smallest absolute Gasteiger partial charge is 0.286 e. The number of fused-ring (bicyclic) bond motifs is 1. The molecule has 3 N–H and O–H groups in total. The summed E-state index contributed by atoms with van der Waals surface area (Å²) < 4.78 is 10.6. The van der Waals surface area contributed by atoms with Gasteiger partial charge in [-0.15, -0.1) is 0 Å². The average molecular weight is 393 g/mol. The summed E-state index contributed by atoms with van der Waals surface area (Å²) in [6.45, 7) is 0.235. The molecule has 0 spiro atoms. The van der Waals surface area contributed by atoms with Crippen LogP contribution in [0.4, 0.5) is 11.4 Å². The Bertz CT molecular complexity index is 1100. The molecule has 2 aromatic carbocycles. The van der Waals surface area contributed by atoms with Gasteiger partial charge in [0.2, 0.25) is 17.6 Å². The Morgan fingerprint density at radius 3 is 2.59 bits per heavy atom. The molecule has 29 heavy (non-hydrogen) atoms. The van der Waals surface area contributed by atoms with Crippen molar-refractivity contribution in [3.8, 4) is 5.75 Å². The van der Waals surface area contributed by atoms with Crippen molar-refractivity contribution in [1.82, 2.24) is 0 Å². The Labute approximate surface area is 166 Å². The van der Waals surface area contributed by atoms with E-state index in [9.17, 15) is 14.4 Å². The first kappa shape index (κ1) is 18.5. The highest BCUT2D eigenvalue weighted by Gasteiger charge is 2.36. The van der Waals surface area contributed by atoms with Gasteiger partial charge >= 0.3 is 0 Å². The Morgan fingerprint density at radius 2 is 1.90 bits per heavy atom. The van der Waals surface area contributed by atoms with Crippen molar-refractivity contribution in [2.24, 2.45) is 11.7 Å². The summed E-state index contributed by atoms with van der Waals surface area (Å²) in [6.07, 6.45) is 0.0690. The van der Waals surface area contributed by atoms with E-state index in [1.54, 1.807) is 60.5 Å². The predicted molar refractivity (Wildman–Crippen MR) is 107 cm³/mol. The summed E-state index contributed by atoms with van der Waals surface area (Å²) in [4.78, 5) is 38.6. The van der Waals surface area contributed by atoms with Crippen LogP contribution in [0.1, 0.15) is 17.0 Å². The number of methoxy groups -OCH3 is 1. The second kappa shape index (κ2) is 7.31. The van der Waals surface area contributed by atoms with Crippen molar-refractivity contribution in [2.75, 3.05) is 23.9 Å². The number of primary amides is 1. The molecule has 8 heteroatoms. The highest BCUT2D eigenvalue weighted by molar-refractivity contribution is 6.12. The topological polar surface area (TPSA) is 115 Å². The zero-order valence-corrected chi connectivity index (χ0v) is 15.7. The summed E-state index contributed by atoms with van der Waals surface area (Å²) in [5.41, 5.74) is 6.76. The number of ether oxygens (including phenoxy) is 1. The average Bonchev–Trinajstić information content (AvgIpc) is 3.29. The molecule has 1 fully saturated rings. The van der Waals surface area contributed by atoms with Crippen LogP contribution in [0.2, 0.25) is 0 Å². The number of nitrogens with zero attached hydrogens (tertiary/aromatic N) is 1. The minimum Gasteiger partial charge on any atom is -0.497 e. The highest BCUT2D eigenvalue weighted by atomic mass is 16.5. The van der Waals surface area contributed by atoms with Crippen LogP contribution in [-0.2, 0) is 9.59 Å². The summed E-state index contributed by atoms with van der Waals surface area (Å²) in [5.74, 6) is -1.31. The zero-order chi connectivity index (χ0) is 20.5. The van der Waals surface area contributed by atoms with E-state index >= 15 is 0 Å². The number of rotatable bonds is 5. The number of nitrogens with one attached hydrogen (secondary N) is 1. The van der Waals surface area contributed by atoms with Crippen LogP contribution in [0.15, 0.2) is 52.9 Å². The number of furan rings is 1. The van der Waals surface area contributed by atoms with E-state index in [-0.39, 0.29) is 36.2 Å². The van der Waals surface area contributed by atoms with Gasteiger partial charge in [-0.1, -0.05) is 12.1 Å². The lowest BCUT2D eigenvalue weighted by molar-refractivity contribution is -0.122. The van der Waals surface area contributed by atoms with Crippen LogP contribution in [0.5, 0.6) is 5.75 Å². The van der Waals surface area contributed by atoms with E-state index in [1.165, 1.54) is 0 Å². The standard InChI is InChI=1S/C21H19N3O5/c1-28-14-8-6-13(7-9-14)24-11-12(10-17(24)25)21(27)23-18-15-4-2-3-5-16(15)29-19(18)20(22)26/h2-9,12H,10-11H2,1H3,(H2,22,26)(H,23,27)/t12-/m0/s1. The first-order chi connectivity index (χ1) is 14.0. The molecule has 148 valence electrons. The number of benzene rings is 2. The third kappa shape index (κ3) is 3.40. The predicted octanol–water partition coefficient (Wildman–Crippen LogP) is 2.53. The summed E-state index contributed by atoms with van der Waals surface area (Å²) >= 11 is 0. The lowest BCUT2D eigenvalue weighted by atomic mass is 10.1. The van der Waals surface area contributed by atoms with E-state index in [4.69, 9.17) is 14.9 Å². The van der Waals surface area contributed by atoms with Gasteiger partial charge < -0.3 is 25.1 Å². The van der Waals surface area contributed by atoms with Crippen LogP contribution in [0, 0.1) is 5.92 Å². The van der Waals surface area contributed by atoms with E-state index in [2.05, 4.69) is 5.32 Å². The molecule has 3 aromatic rings. The molecular weight excluding hydrogens is 374 g/mol. The molecule has 1 aromatic heterocycles. The Morgan fingerprint density at radius 1 is 1.17 bits per heavy atom. The van der Waals surface area contributed by atoms with Gasteiger partial charge in [-0.05, 0) is 36.4 Å². The molecule has 1 saturated heterocycles. The van der Waals surface area contributed by atoms with Crippen molar-refractivity contribution < 1.29 is 23.5 Å². The van der Waals surface area contributed by atoms with Crippen molar-refractivity contribution in [3.63, 3.8) is 0 Å². The van der Waals surface area contributed by atoms with E-state index in [1.807, 2.05) is 0 Å². The van der Waals surface area contributed by atoms with Crippen LogP contribution < -0.4 is 20.7 Å². The maximum Gasteiger partial charge on any atom is 0.286 e. The molecule has 1 aliphatic heterocycles. The molecule has 0 unspecified atom stereocenters.